The SMILES string of the molecule is COc1ccccc1CCNc1ncc(C)cn1. The van der Waals surface area contributed by atoms with Crippen molar-refractivity contribution in [1.29, 1.82) is 0 Å². The van der Waals surface area contributed by atoms with Crippen LogP contribution in [0.1, 0.15) is 11.1 Å². The third-order valence-electron chi connectivity index (χ3n) is 2.65. The number of benzene rings is 1. The number of rotatable bonds is 5. The minimum atomic E-state index is 0.662. The van der Waals surface area contributed by atoms with Crippen LogP contribution in [0, 0.1) is 6.92 Å². The van der Waals surface area contributed by atoms with E-state index < -0.39 is 0 Å². The molecule has 0 radical (unpaired) electrons. The summed E-state index contributed by atoms with van der Waals surface area (Å²) >= 11 is 0. The minimum absolute atomic E-state index is 0.662. The zero-order chi connectivity index (χ0) is 12.8. The molecule has 0 atom stereocenters. The molecule has 0 saturated carbocycles. The number of aromatic nitrogens is 2. The first-order chi connectivity index (χ1) is 8.79. The molecule has 4 nitrogen and oxygen atoms in total. The predicted molar refractivity (Wildman–Crippen MR) is 72.0 cm³/mol. The van der Waals surface area contributed by atoms with Gasteiger partial charge in [-0.1, -0.05) is 18.2 Å². The molecule has 0 aliphatic rings. The first kappa shape index (κ1) is 12.4. The Balaban J connectivity index is 1.90. The van der Waals surface area contributed by atoms with E-state index in [9.17, 15) is 0 Å². The largest absolute Gasteiger partial charge is 0.496 e. The van der Waals surface area contributed by atoms with Gasteiger partial charge in [-0.3, -0.25) is 0 Å². The molecule has 0 unspecified atom stereocenters. The number of hydrogen-bond acceptors (Lipinski definition) is 4. The van der Waals surface area contributed by atoms with Gasteiger partial charge in [0, 0.05) is 18.9 Å². The predicted octanol–water partition coefficient (Wildman–Crippen LogP) is 2.45. The molecule has 2 rings (SSSR count). The van der Waals surface area contributed by atoms with E-state index in [0.717, 1.165) is 24.3 Å². The van der Waals surface area contributed by atoms with Gasteiger partial charge in [0.1, 0.15) is 5.75 Å². The Bertz CT molecular complexity index is 497. The normalized spacial score (nSPS) is 10.1. The van der Waals surface area contributed by atoms with Crippen LogP contribution in [0.3, 0.4) is 0 Å². The molecule has 0 amide bonds. The number of para-hydroxylation sites is 1. The molecule has 0 saturated heterocycles. The van der Waals surface area contributed by atoms with Crippen LogP contribution in [0.5, 0.6) is 5.75 Å². The topological polar surface area (TPSA) is 47.0 Å². The molecule has 94 valence electrons. The molecular weight excluding hydrogens is 226 g/mol. The summed E-state index contributed by atoms with van der Waals surface area (Å²) in [6.45, 7) is 2.75. The van der Waals surface area contributed by atoms with Gasteiger partial charge in [0.25, 0.3) is 0 Å². The lowest BCUT2D eigenvalue weighted by Gasteiger charge is -2.08. The highest BCUT2D eigenvalue weighted by molar-refractivity contribution is 5.34. The van der Waals surface area contributed by atoms with E-state index in [1.165, 1.54) is 5.56 Å². The summed E-state index contributed by atoms with van der Waals surface area (Å²) in [5.41, 5.74) is 2.24. The van der Waals surface area contributed by atoms with Crippen molar-refractivity contribution in [2.45, 2.75) is 13.3 Å². The van der Waals surface area contributed by atoms with Crippen molar-refractivity contribution in [2.24, 2.45) is 0 Å². The van der Waals surface area contributed by atoms with E-state index in [1.807, 2.05) is 25.1 Å². The summed E-state index contributed by atoms with van der Waals surface area (Å²) in [6, 6.07) is 8.02. The van der Waals surface area contributed by atoms with Crippen LogP contribution >= 0.6 is 0 Å². The van der Waals surface area contributed by atoms with Gasteiger partial charge in [-0.2, -0.15) is 0 Å². The number of nitrogens with zero attached hydrogens (tertiary/aromatic N) is 2. The molecule has 4 heteroatoms. The monoisotopic (exact) mass is 243 g/mol. The Morgan fingerprint density at radius 3 is 2.61 bits per heavy atom. The standard InChI is InChI=1S/C14H17N3O/c1-11-9-16-14(17-10-11)15-8-7-12-5-3-4-6-13(12)18-2/h3-6,9-10H,7-8H2,1-2H3,(H,15,16,17). The number of anilines is 1. The van der Waals surface area contributed by atoms with Gasteiger partial charge in [0.05, 0.1) is 7.11 Å². The average Bonchev–Trinajstić information content (AvgIpc) is 2.41. The molecule has 2 aromatic rings. The molecule has 1 heterocycles. The summed E-state index contributed by atoms with van der Waals surface area (Å²) in [5.74, 6) is 1.58. The van der Waals surface area contributed by atoms with Crippen molar-refractivity contribution >= 4 is 5.95 Å². The lowest BCUT2D eigenvalue weighted by atomic mass is 10.1. The van der Waals surface area contributed by atoms with Crippen molar-refractivity contribution < 1.29 is 4.74 Å². The number of hydrogen-bond donors (Lipinski definition) is 1. The first-order valence-electron chi connectivity index (χ1n) is 5.94. The van der Waals surface area contributed by atoms with Crippen LogP contribution in [0.2, 0.25) is 0 Å². The Kier molecular flexibility index (Phi) is 4.12. The van der Waals surface area contributed by atoms with Gasteiger partial charge < -0.3 is 10.1 Å². The summed E-state index contributed by atoms with van der Waals surface area (Å²) in [4.78, 5) is 8.40. The fourth-order valence-electron chi connectivity index (χ4n) is 1.70. The molecule has 1 N–H and O–H groups in total. The van der Waals surface area contributed by atoms with Crippen LogP contribution in [0.15, 0.2) is 36.7 Å². The van der Waals surface area contributed by atoms with Gasteiger partial charge in [-0.25, -0.2) is 9.97 Å². The van der Waals surface area contributed by atoms with Crippen molar-refractivity contribution in [3.05, 3.63) is 47.8 Å². The van der Waals surface area contributed by atoms with E-state index in [4.69, 9.17) is 4.74 Å². The molecule has 0 aliphatic carbocycles. The van der Waals surface area contributed by atoms with Crippen LogP contribution in [0.25, 0.3) is 0 Å². The van der Waals surface area contributed by atoms with Gasteiger partial charge in [0.15, 0.2) is 0 Å². The van der Waals surface area contributed by atoms with Crippen molar-refractivity contribution in [3.63, 3.8) is 0 Å². The van der Waals surface area contributed by atoms with E-state index >= 15 is 0 Å². The zero-order valence-corrected chi connectivity index (χ0v) is 10.7. The van der Waals surface area contributed by atoms with Crippen LogP contribution in [0.4, 0.5) is 5.95 Å². The molecule has 0 spiro atoms. The lowest BCUT2D eigenvalue weighted by Crippen LogP contribution is -2.08. The number of nitrogens with one attached hydrogen (secondary N) is 1. The first-order valence-corrected chi connectivity index (χ1v) is 5.94. The maximum absolute atomic E-state index is 5.30. The maximum Gasteiger partial charge on any atom is 0.222 e. The Labute approximate surface area is 107 Å². The highest BCUT2D eigenvalue weighted by Crippen LogP contribution is 2.17. The smallest absolute Gasteiger partial charge is 0.222 e. The van der Waals surface area contributed by atoms with Crippen molar-refractivity contribution in [3.8, 4) is 5.75 Å². The van der Waals surface area contributed by atoms with E-state index in [2.05, 4.69) is 21.4 Å². The molecule has 18 heavy (non-hydrogen) atoms. The second-order valence-corrected chi connectivity index (χ2v) is 4.07. The molecule has 1 aromatic carbocycles. The second-order valence-electron chi connectivity index (χ2n) is 4.07. The van der Waals surface area contributed by atoms with Gasteiger partial charge in [-0.05, 0) is 30.5 Å². The third-order valence-corrected chi connectivity index (χ3v) is 2.65. The molecule has 0 fully saturated rings. The van der Waals surface area contributed by atoms with E-state index in [1.54, 1.807) is 19.5 Å². The summed E-state index contributed by atoms with van der Waals surface area (Å²) in [5, 5.41) is 3.19. The van der Waals surface area contributed by atoms with Crippen molar-refractivity contribution in [1.82, 2.24) is 9.97 Å². The van der Waals surface area contributed by atoms with Crippen LogP contribution in [-0.4, -0.2) is 23.6 Å². The summed E-state index contributed by atoms with van der Waals surface area (Å²) < 4.78 is 5.30. The van der Waals surface area contributed by atoms with Gasteiger partial charge >= 0.3 is 0 Å². The highest BCUT2D eigenvalue weighted by atomic mass is 16.5. The minimum Gasteiger partial charge on any atom is -0.496 e. The maximum atomic E-state index is 5.30. The molecular formula is C14H17N3O. The number of aryl methyl sites for hydroxylation is 1. The van der Waals surface area contributed by atoms with Crippen LogP contribution in [-0.2, 0) is 6.42 Å². The summed E-state index contributed by atoms with van der Waals surface area (Å²) in [6.07, 6.45) is 4.48. The summed E-state index contributed by atoms with van der Waals surface area (Å²) in [7, 11) is 1.69. The average molecular weight is 243 g/mol. The molecule has 0 aliphatic heterocycles. The highest BCUT2D eigenvalue weighted by Gasteiger charge is 2.01. The van der Waals surface area contributed by atoms with E-state index in [-0.39, 0.29) is 0 Å². The van der Waals surface area contributed by atoms with Gasteiger partial charge in [-0.15, -0.1) is 0 Å². The fraction of sp³-hybridized carbons (Fsp3) is 0.286. The van der Waals surface area contributed by atoms with Crippen molar-refractivity contribution in [2.75, 3.05) is 19.0 Å². The zero-order valence-electron chi connectivity index (χ0n) is 10.7. The lowest BCUT2D eigenvalue weighted by molar-refractivity contribution is 0.410. The Hall–Kier alpha value is -2.10. The van der Waals surface area contributed by atoms with Gasteiger partial charge in [0.2, 0.25) is 5.95 Å². The van der Waals surface area contributed by atoms with Crippen LogP contribution < -0.4 is 10.1 Å². The second kappa shape index (κ2) is 6.00. The Morgan fingerprint density at radius 2 is 1.89 bits per heavy atom. The quantitative estimate of drug-likeness (QED) is 0.876. The number of methoxy groups -OCH3 is 1. The molecule has 0 bridgehead atoms. The molecule has 1 aromatic heterocycles. The third kappa shape index (κ3) is 3.20. The fourth-order valence-corrected chi connectivity index (χ4v) is 1.70. The van der Waals surface area contributed by atoms with E-state index in [0.29, 0.717) is 5.95 Å². The Morgan fingerprint density at radius 1 is 1.17 bits per heavy atom. The number of ether oxygens (including phenoxy) is 1.